The first-order chi connectivity index (χ1) is 9.97. The number of unbranched alkanes of at least 4 members (excludes halogenated alkanes) is 1. The van der Waals surface area contributed by atoms with E-state index < -0.39 is 6.04 Å². The summed E-state index contributed by atoms with van der Waals surface area (Å²) in [5, 5.41) is 5.61. The summed E-state index contributed by atoms with van der Waals surface area (Å²) in [5.41, 5.74) is 8.14. The molecular formula is C16H25N3O2. The predicted molar refractivity (Wildman–Crippen MR) is 86.2 cm³/mol. The van der Waals surface area contributed by atoms with Gasteiger partial charge < -0.3 is 16.4 Å². The molecule has 0 spiro atoms. The minimum absolute atomic E-state index is 0.0595. The molecular weight excluding hydrogens is 266 g/mol. The summed E-state index contributed by atoms with van der Waals surface area (Å²) in [4.78, 5) is 23.4. The van der Waals surface area contributed by atoms with Crippen LogP contribution in [-0.2, 0) is 9.59 Å². The second kappa shape index (κ2) is 8.42. The maximum atomic E-state index is 12.0. The lowest BCUT2D eigenvalue weighted by atomic mass is 10.1. The highest BCUT2D eigenvalue weighted by molar-refractivity contribution is 5.97. The first kappa shape index (κ1) is 17.2. The Morgan fingerprint density at radius 3 is 2.57 bits per heavy atom. The lowest BCUT2D eigenvalue weighted by Gasteiger charge is -2.14. The van der Waals surface area contributed by atoms with Gasteiger partial charge >= 0.3 is 0 Å². The van der Waals surface area contributed by atoms with Crippen LogP contribution >= 0.6 is 0 Å². The molecule has 0 heterocycles. The molecule has 1 aromatic carbocycles. The van der Waals surface area contributed by atoms with E-state index in [1.807, 2.05) is 19.1 Å². The summed E-state index contributed by atoms with van der Waals surface area (Å²) < 4.78 is 0. The summed E-state index contributed by atoms with van der Waals surface area (Å²) in [5.74, 6) is -0.249. The Bertz CT molecular complexity index is 500. The normalized spacial score (nSPS) is 11.8. The van der Waals surface area contributed by atoms with Crippen molar-refractivity contribution in [3.8, 4) is 0 Å². The van der Waals surface area contributed by atoms with E-state index in [1.165, 1.54) is 0 Å². The molecule has 0 fully saturated rings. The fourth-order valence-electron chi connectivity index (χ4n) is 1.86. The lowest BCUT2D eigenvalue weighted by Crippen LogP contribution is -2.35. The fraction of sp³-hybridized carbons (Fsp3) is 0.500. The summed E-state index contributed by atoms with van der Waals surface area (Å²) >= 11 is 0. The SMILES string of the molecule is CCCCC(N)C(=O)Nc1cc(NC(=O)CC)ccc1C. The van der Waals surface area contributed by atoms with Gasteiger partial charge in [-0.3, -0.25) is 9.59 Å². The Labute approximate surface area is 126 Å². The van der Waals surface area contributed by atoms with Gasteiger partial charge in [-0.15, -0.1) is 0 Å². The molecule has 0 aromatic heterocycles. The molecule has 0 aliphatic heterocycles. The number of rotatable bonds is 7. The van der Waals surface area contributed by atoms with E-state index in [2.05, 4.69) is 17.6 Å². The molecule has 1 aromatic rings. The van der Waals surface area contributed by atoms with Gasteiger partial charge in [0.1, 0.15) is 0 Å². The van der Waals surface area contributed by atoms with Crippen LogP contribution in [0.5, 0.6) is 0 Å². The number of benzene rings is 1. The standard InChI is InChI=1S/C16H25N3O2/c1-4-6-7-13(17)16(21)19-14-10-12(9-8-11(14)3)18-15(20)5-2/h8-10,13H,4-7,17H2,1-3H3,(H,18,20)(H,19,21). The average Bonchev–Trinajstić information content (AvgIpc) is 2.47. The van der Waals surface area contributed by atoms with Crippen molar-refractivity contribution in [2.75, 3.05) is 10.6 Å². The molecule has 0 bridgehead atoms. The summed E-state index contributed by atoms with van der Waals surface area (Å²) in [6, 6.07) is 4.93. The first-order valence-electron chi connectivity index (χ1n) is 7.44. The van der Waals surface area contributed by atoms with Crippen molar-refractivity contribution in [2.24, 2.45) is 5.73 Å². The highest BCUT2D eigenvalue weighted by Gasteiger charge is 2.14. The molecule has 0 aliphatic carbocycles. The molecule has 0 saturated heterocycles. The zero-order valence-corrected chi connectivity index (χ0v) is 13.0. The number of aryl methyl sites for hydroxylation is 1. The van der Waals surface area contributed by atoms with Crippen LogP contribution in [-0.4, -0.2) is 17.9 Å². The lowest BCUT2D eigenvalue weighted by molar-refractivity contribution is -0.117. The van der Waals surface area contributed by atoms with Gasteiger partial charge in [0.2, 0.25) is 11.8 Å². The monoisotopic (exact) mass is 291 g/mol. The van der Waals surface area contributed by atoms with E-state index in [0.717, 1.165) is 18.4 Å². The van der Waals surface area contributed by atoms with Gasteiger partial charge in [0.15, 0.2) is 0 Å². The van der Waals surface area contributed by atoms with Crippen molar-refractivity contribution in [3.05, 3.63) is 23.8 Å². The van der Waals surface area contributed by atoms with E-state index in [-0.39, 0.29) is 11.8 Å². The maximum absolute atomic E-state index is 12.0. The summed E-state index contributed by atoms with van der Waals surface area (Å²) in [6.07, 6.45) is 3.03. The van der Waals surface area contributed by atoms with Crippen molar-refractivity contribution >= 4 is 23.2 Å². The van der Waals surface area contributed by atoms with Crippen LogP contribution in [0.2, 0.25) is 0 Å². The second-order valence-corrected chi connectivity index (χ2v) is 5.17. The number of amides is 2. The number of anilines is 2. The molecule has 21 heavy (non-hydrogen) atoms. The third-order valence-corrected chi connectivity index (χ3v) is 3.31. The van der Waals surface area contributed by atoms with E-state index in [0.29, 0.717) is 24.2 Å². The zero-order chi connectivity index (χ0) is 15.8. The average molecular weight is 291 g/mol. The molecule has 1 atom stereocenters. The van der Waals surface area contributed by atoms with Crippen LogP contribution in [0, 0.1) is 6.92 Å². The summed E-state index contributed by atoms with van der Waals surface area (Å²) in [6.45, 7) is 5.76. The minimum atomic E-state index is -0.502. The molecule has 0 radical (unpaired) electrons. The highest BCUT2D eigenvalue weighted by atomic mass is 16.2. The van der Waals surface area contributed by atoms with Gasteiger partial charge in [0.25, 0.3) is 0 Å². The quantitative estimate of drug-likeness (QED) is 0.722. The van der Waals surface area contributed by atoms with Crippen LogP contribution in [0.4, 0.5) is 11.4 Å². The van der Waals surface area contributed by atoms with Crippen LogP contribution in [0.25, 0.3) is 0 Å². The minimum Gasteiger partial charge on any atom is -0.326 e. The van der Waals surface area contributed by atoms with Gasteiger partial charge in [-0.25, -0.2) is 0 Å². The Kier molecular flexibility index (Phi) is 6.88. The Hall–Kier alpha value is -1.88. The highest BCUT2D eigenvalue weighted by Crippen LogP contribution is 2.21. The van der Waals surface area contributed by atoms with Crippen LogP contribution in [0.3, 0.4) is 0 Å². The van der Waals surface area contributed by atoms with Gasteiger partial charge in [-0.2, -0.15) is 0 Å². The molecule has 0 saturated carbocycles. The van der Waals surface area contributed by atoms with E-state index in [1.54, 1.807) is 13.0 Å². The topological polar surface area (TPSA) is 84.2 Å². The number of nitrogens with one attached hydrogen (secondary N) is 2. The predicted octanol–water partition coefficient (Wildman–Crippen LogP) is 2.80. The van der Waals surface area contributed by atoms with E-state index in [9.17, 15) is 9.59 Å². The number of hydrogen-bond donors (Lipinski definition) is 3. The van der Waals surface area contributed by atoms with Crippen LogP contribution < -0.4 is 16.4 Å². The number of hydrogen-bond acceptors (Lipinski definition) is 3. The Balaban J connectivity index is 2.75. The van der Waals surface area contributed by atoms with Crippen molar-refractivity contribution in [1.29, 1.82) is 0 Å². The summed E-state index contributed by atoms with van der Waals surface area (Å²) in [7, 11) is 0. The molecule has 116 valence electrons. The molecule has 1 unspecified atom stereocenters. The van der Waals surface area contributed by atoms with Crippen molar-refractivity contribution in [1.82, 2.24) is 0 Å². The maximum Gasteiger partial charge on any atom is 0.241 e. The molecule has 1 rings (SSSR count). The van der Waals surface area contributed by atoms with Gasteiger partial charge in [-0.1, -0.05) is 32.8 Å². The second-order valence-electron chi connectivity index (χ2n) is 5.17. The largest absolute Gasteiger partial charge is 0.326 e. The molecule has 0 aliphatic rings. The van der Waals surface area contributed by atoms with Crippen LogP contribution in [0.15, 0.2) is 18.2 Å². The number of nitrogens with two attached hydrogens (primary N) is 1. The van der Waals surface area contributed by atoms with E-state index >= 15 is 0 Å². The molecule has 5 nitrogen and oxygen atoms in total. The molecule has 5 heteroatoms. The third kappa shape index (κ3) is 5.55. The van der Waals surface area contributed by atoms with Gasteiger partial charge in [0, 0.05) is 17.8 Å². The van der Waals surface area contributed by atoms with Crippen molar-refractivity contribution < 1.29 is 9.59 Å². The number of carbonyl (C=O) groups is 2. The Morgan fingerprint density at radius 1 is 1.24 bits per heavy atom. The number of carbonyl (C=O) groups excluding carboxylic acids is 2. The molecule has 4 N–H and O–H groups in total. The first-order valence-corrected chi connectivity index (χ1v) is 7.44. The Morgan fingerprint density at radius 2 is 1.95 bits per heavy atom. The van der Waals surface area contributed by atoms with E-state index in [4.69, 9.17) is 5.73 Å². The smallest absolute Gasteiger partial charge is 0.241 e. The van der Waals surface area contributed by atoms with Crippen molar-refractivity contribution in [2.45, 2.75) is 52.5 Å². The molecule has 2 amide bonds. The fourth-order valence-corrected chi connectivity index (χ4v) is 1.86. The van der Waals surface area contributed by atoms with Gasteiger partial charge in [-0.05, 0) is 31.0 Å². The third-order valence-electron chi connectivity index (χ3n) is 3.31. The van der Waals surface area contributed by atoms with Crippen LogP contribution in [0.1, 0.15) is 45.1 Å². The zero-order valence-electron chi connectivity index (χ0n) is 13.0. The van der Waals surface area contributed by atoms with Gasteiger partial charge in [0.05, 0.1) is 6.04 Å². The van der Waals surface area contributed by atoms with Crippen molar-refractivity contribution in [3.63, 3.8) is 0 Å².